The lowest BCUT2D eigenvalue weighted by Crippen LogP contribution is -2.34. The van der Waals surface area contributed by atoms with E-state index in [9.17, 15) is 0 Å². The largest absolute Gasteiger partial charge is 0.376 e. The van der Waals surface area contributed by atoms with Gasteiger partial charge in [-0.15, -0.1) is 0 Å². The molecule has 12 rings (SSSR count). The molecule has 0 saturated carbocycles. The van der Waals surface area contributed by atoms with Gasteiger partial charge in [-0.2, -0.15) is 10.2 Å². The van der Waals surface area contributed by atoms with E-state index in [1.807, 2.05) is 57.3 Å². The van der Waals surface area contributed by atoms with Gasteiger partial charge in [0.2, 0.25) is 0 Å². The summed E-state index contributed by atoms with van der Waals surface area (Å²) in [6, 6.07) is 26.1. The van der Waals surface area contributed by atoms with E-state index < -0.39 is 0 Å². The van der Waals surface area contributed by atoms with Crippen molar-refractivity contribution in [3.63, 3.8) is 0 Å². The van der Waals surface area contributed by atoms with Crippen molar-refractivity contribution < 1.29 is 0 Å². The molecule has 13 nitrogen and oxygen atoms in total. The van der Waals surface area contributed by atoms with Crippen LogP contribution in [0.15, 0.2) is 110 Å². The summed E-state index contributed by atoms with van der Waals surface area (Å²) in [7, 11) is 4.06. The molecule has 0 bridgehead atoms. The van der Waals surface area contributed by atoms with Crippen LogP contribution in [0.4, 0.5) is 17.1 Å². The maximum absolute atomic E-state index is 5.04. The number of fused-ring (bicyclic) bond motifs is 4. The molecule has 2 saturated heterocycles. The fourth-order valence-corrected chi connectivity index (χ4v) is 10.0. The maximum atomic E-state index is 5.04. The zero-order chi connectivity index (χ0) is 42.0. The smallest absolute Gasteiger partial charge is 0.139 e. The number of hydrogen-bond donors (Lipinski definition) is 4. The van der Waals surface area contributed by atoms with E-state index in [2.05, 4.69) is 112 Å². The Balaban J connectivity index is 0.902. The van der Waals surface area contributed by atoms with Crippen molar-refractivity contribution in [2.75, 3.05) is 55.0 Å². The van der Waals surface area contributed by atoms with Crippen molar-refractivity contribution >= 4 is 60.9 Å². The minimum atomic E-state index is 0.247. The lowest BCUT2D eigenvalue weighted by Gasteiger charge is -2.35. The average Bonchev–Trinajstić information content (AvgIpc) is 4.16. The molecule has 0 amide bonds. The Morgan fingerprint density at radius 3 is 2.06 bits per heavy atom. The highest BCUT2D eigenvalue weighted by Crippen LogP contribution is 2.42. The number of piperidine rings is 2. The predicted octanol–water partition coefficient (Wildman–Crippen LogP) is 10.1. The van der Waals surface area contributed by atoms with E-state index in [1.165, 1.54) is 36.2 Å². The highest BCUT2D eigenvalue weighted by atomic mass is 15.2. The molecule has 0 spiro atoms. The SMILES string of the molecule is CN(C)c1cncc(-c2ccc3[nH]nc(-c4cc5c(N6CCCC(c7cc(-c8cccnc8)cc8c(-c9cc%10c(N%11CCCCC%11)ccnc%10[nH]9)n[nH]c78)C6)ccnc5[nH]4)c3c2)c1. The van der Waals surface area contributed by atoms with Crippen LogP contribution in [-0.2, 0) is 0 Å². The van der Waals surface area contributed by atoms with Crippen LogP contribution in [0.1, 0.15) is 43.6 Å². The number of aromatic nitrogens is 10. The molecule has 2 aliphatic rings. The van der Waals surface area contributed by atoms with E-state index in [-0.39, 0.29) is 5.92 Å². The predicted molar refractivity (Wildman–Crippen MR) is 253 cm³/mol. The van der Waals surface area contributed by atoms with Gasteiger partial charge in [-0.25, -0.2) is 9.97 Å². The summed E-state index contributed by atoms with van der Waals surface area (Å²) in [4.78, 5) is 33.0. The number of nitrogens with zero attached hydrogens (tertiary/aromatic N) is 9. The fraction of sp³-hybridized carbons (Fsp3) is 0.240. The van der Waals surface area contributed by atoms with E-state index in [1.54, 1.807) is 0 Å². The zero-order valence-corrected chi connectivity index (χ0v) is 35.4. The van der Waals surface area contributed by atoms with E-state index in [0.29, 0.717) is 0 Å². The Kier molecular flexibility index (Phi) is 8.94. The first-order chi connectivity index (χ1) is 31.0. The number of nitrogens with one attached hydrogen (secondary N) is 4. The lowest BCUT2D eigenvalue weighted by molar-refractivity contribution is 0.513. The summed E-state index contributed by atoms with van der Waals surface area (Å²) in [5.74, 6) is 0.247. The van der Waals surface area contributed by atoms with Crippen LogP contribution < -0.4 is 14.7 Å². The van der Waals surface area contributed by atoms with Crippen molar-refractivity contribution in [3.05, 3.63) is 116 Å². The maximum Gasteiger partial charge on any atom is 0.139 e. The van der Waals surface area contributed by atoms with Crippen LogP contribution >= 0.6 is 0 Å². The Hall–Kier alpha value is -7.54. The van der Waals surface area contributed by atoms with Crippen LogP contribution in [0.2, 0.25) is 0 Å². The number of hydrogen-bond acceptors (Lipinski definition) is 9. The van der Waals surface area contributed by atoms with Crippen LogP contribution in [0.3, 0.4) is 0 Å². The van der Waals surface area contributed by atoms with Gasteiger partial charge >= 0.3 is 0 Å². The molecule has 2 fully saturated rings. The van der Waals surface area contributed by atoms with Crippen molar-refractivity contribution in [2.45, 2.75) is 38.0 Å². The summed E-state index contributed by atoms with van der Waals surface area (Å²) in [5, 5.41) is 21.0. The molecule has 312 valence electrons. The first kappa shape index (κ1) is 37.2. The standard InChI is InChI=1S/C50H47N13/c1-61(2)35-20-34(27-52-28-35)30-10-11-41-37(21-30)47(59-57-41)42-25-39-45(13-16-54-50(39)55-42)63-19-7-9-32(29-63)36-22-33(31-8-6-14-51-26-31)23-40-46(36)58-60-48(40)43-24-38-44(12-15-53-49(38)56-43)62-17-4-3-5-18-62/h6,8,10-16,20-28,32H,3-5,7,9,17-19,29H2,1-2H3,(H,53,56)(H,54,55)(H,57,59)(H,58,60). The molecule has 1 atom stereocenters. The summed E-state index contributed by atoms with van der Waals surface area (Å²) >= 11 is 0. The van der Waals surface area contributed by atoms with Gasteiger partial charge in [0.15, 0.2) is 0 Å². The van der Waals surface area contributed by atoms with Crippen LogP contribution in [0, 0.1) is 0 Å². The second kappa shape index (κ2) is 15.1. The van der Waals surface area contributed by atoms with E-state index >= 15 is 0 Å². The summed E-state index contributed by atoms with van der Waals surface area (Å²) < 4.78 is 0. The van der Waals surface area contributed by atoms with Gasteiger partial charge < -0.3 is 24.7 Å². The van der Waals surface area contributed by atoms with Crippen LogP contribution in [-0.4, -0.2) is 90.6 Å². The third-order valence-electron chi connectivity index (χ3n) is 13.3. The Morgan fingerprint density at radius 1 is 0.587 bits per heavy atom. The number of H-pyrrole nitrogens is 4. The second-order valence-corrected chi connectivity index (χ2v) is 17.3. The van der Waals surface area contributed by atoms with Crippen molar-refractivity contribution in [2.24, 2.45) is 0 Å². The molecule has 1 unspecified atom stereocenters. The minimum absolute atomic E-state index is 0.247. The molecular weight excluding hydrogens is 783 g/mol. The number of pyridine rings is 4. The topological polar surface area (TPSA) is 150 Å². The molecule has 10 heterocycles. The average molecular weight is 830 g/mol. The zero-order valence-electron chi connectivity index (χ0n) is 35.4. The molecule has 0 radical (unpaired) electrons. The van der Waals surface area contributed by atoms with E-state index in [0.717, 1.165) is 134 Å². The molecule has 2 aliphatic heterocycles. The highest BCUT2D eigenvalue weighted by Gasteiger charge is 2.28. The molecule has 2 aromatic carbocycles. The Bertz CT molecular complexity index is 3300. The quantitative estimate of drug-likeness (QED) is 0.117. The molecule has 4 N–H and O–H groups in total. The number of rotatable bonds is 8. The number of benzene rings is 2. The van der Waals surface area contributed by atoms with Crippen LogP contribution in [0.25, 0.3) is 88.9 Å². The van der Waals surface area contributed by atoms with Gasteiger partial charge in [0, 0.05) is 121 Å². The van der Waals surface area contributed by atoms with Crippen molar-refractivity contribution in [3.8, 4) is 45.0 Å². The van der Waals surface area contributed by atoms with Crippen molar-refractivity contribution in [1.29, 1.82) is 0 Å². The molecule has 8 aromatic heterocycles. The molecular formula is C50H47N13. The van der Waals surface area contributed by atoms with Gasteiger partial charge in [-0.1, -0.05) is 12.1 Å². The van der Waals surface area contributed by atoms with Crippen molar-refractivity contribution in [1.82, 2.24) is 50.3 Å². The first-order valence-electron chi connectivity index (χ1n) is 22.0. The molecule has 0 aliphatic carbocycles. The fourth-order valence-electron chi connectivity index (χ4n) is 10.0. The normalized spacial score (nSPS) is 15.9. The lowest BCUT2D eigenvalue weighted by atomic mass is 9.86. The summed E-state index contributed by atoms with van der Waals surface area (Å²) in [6.45, 7) is 3.95. The first-order valence-corrected chi connectivity index (χ1v) is 22.0. The Morgan fingerprint density at radius 2 is 1.30 bits per heavy atom. The second-order valence-electron chi connectivity index (χ2n) is 17.3. The highest BCUT2D eigenvalue weighted by molar-refractivity contribution is 6.02. The number of aromatic amines is 4. The van der Waals surface area contributed by atoms with Crippen LogP contribution in [0.5, 0.6) is 0 Å². The van der Waals surface area contributed by atoms with Gasteiger partial charge in [0.25, 0.3) is 0 Å². The van der Waals surface area contributed by atoms with Gasteiger partial charge in [-0.05, 0) is 109 Å². The van der Waals surface area contributed by atoms with E-state index in [4.69, 9.17) is 20.2 Å². The summed E-state index contributed by atoms with van der Waals surface area (Å²) in [5.41, 5.74) is 16.5. The van der Waals surface area contributed by atoms with Gasteiger partial charge in [0.05, 0.1) is 34.3 Å². The van der Waals surface area contributed by atoms with Gasteiger partial charge in [-0.3, -0.25) is 20.2 Å². The molecule has 10 aromatic rings. The molecule has 13 heteroatoms. The minimum Gasteiger partial charge on any atom is -0.376 e. The monoisotopic (exact) mass is 829 g/mol. The third kappa shape index (κ3) is 6.53. The molecule has 63 heavy (non-hydrogen) atoms. The number of anilines is 3. The Labute approximate surface area is 363 Å². The van der Waals surface area contributed by atoms with Gasteiger partial charge in [0.1, 0.15) is 22.7 Å². The third-order valence-corrected chi connectivity index (χ3v) is 13.3. The summed E-state index contributed by atoms with van der Waals surface area (Å²) in [6.07, 6.45) is 17.3.